The molecule has 0 aliphatic rings. The highest BCUT2D eigenvalue weighted by atomic mass is 16.5. The van der Waals surface area contributed by atoms with Crippen molar-refractivity contribution in [3.05, 3.63) is 66.4 Å². The molecule has 152 valence electrons. The van der Waals surface area contributed by atoms with Gasteiger partial charge in [-0.25, -0.2) is 4.79 Å². The van der Waals surface area contributed by atoms with Crippen LogP contribution < -0.4 is 10.1 Å². The number of ether oxygens (including phenoxy) is 1. The van der Waals surface area contributed by atoms with E-state index >= 15 is 0 Å². The number of benzene rings is 2. The summed E-state index contributed by atoms with van der Waals surface area (Å²) in [5.74, 6) is -0.700. The van der Waals surface area contributed by atoms with Gasteiger partial charge in [-0.1, -0.05) is 44.2 Å². The number of aliphatic carboxylic acids is 1. The Balaban J connectivity index is 1.63. The van der Waals surface area contributed by atoms with Gasteiger partial charge in [-0.3, -0.25) is 4.79 Å². The lowest BCUT2D eigenvalue weighted by Crippen LogP contribution is -2.44. The zero-order valence-corrected chi connectivity index (χ0v) is 16.7. The Hall–Kier alpha value is -3.28. The Kier molecular flexibility index (Phi) is 6.54. The van der Waals surface area contributed by atoms with Gasteiger partial charge in [0.25, 0.3) is 0 Å². The van der Waals surface area contributed by atoms with Gasteiger partial charge in [0.2, 0.25) is 5.91 Å². The van der Waals surface area contributed by atoms with Crippen molar-refractivity contribution < 1.29 is 19.4 Å². The molecule has 0 aliphatic heterocycles. The molecule has 2 N–H and O–H groups in total. The number of hydrogen-bond acceptors (Lipinski definition) is 3. The number of nitrogens with zero attached hydrogens (tertiary/aromatic N) is 1. The van der Waals surface area contributed by atoms with E-state index < -0.39 is 12.0 Å². The zero-order chi connectivity index (χ0) is 20.8. The summed E-state index contributed by atoms with van der Waals surface area (Å²) < 4.78 is 7.88. The van der Waals surface area contributed by atoms with Crippen molar-refractivity contribution in [3.63, 3.8) is 0 Å². The van der Waals surface area contributed by atoms with Crippen molar-refractivity contribution in [1.29, 1.82) is 0 Å². The number of fused-ring (bicyclic) bond motifs is 1. The molecule has 3 rings (SSSR count). The molecule has 2 aromatic carbocycles. The molecule has 0 radical (unpaired) electrons. The smallest absolute Gasteiger partial charge is 0.326 e. The van der Waals surface area contributed by atoms with E-state index in [1.54, 1.807) is 13.8 Å². The number of amides is 1. The van der Waals surface area contributed by atoms with Gasteiger partial charge >= 0.3 is 5.97 Å². The fraction of sp³-hybridized carbons (Fsp3) is 0.304. The maximum absolute atomic E-state index is 12.2. The molecule has 0 spiro atoms. The molecule has 1 atom stereocenters. The fourth-order valence-corrected chi connectivity index (χ4v) is 3.17. The van der Waals surface area contributed by atoms with E-state index in [4.69, 9.17) is 4.74 Å². The number of rotatable bonds is 9. The molecule has 1 unspecified atom stereocenters. The predicted molar refractivity (Wildman–Crippen MR) is 112 cm³/mol. The standard InChI is InChI=1S/C23H26N2O4/c1-16(2)22(23(27)28)24-21(26)11-13-25-12-10-18-8-9-19(14-20(18)25)29-15-17-6-4-3-5-7-17/h3-10,12,14,16,22H,11,13,15H2,1-2H3,(H,24,26)(H,27,28). The summed E-state index contributed by atoms with van der Waals surface area (Å²) in [6.45, 7) is 4.49. The average Bonchev–Trinajstić information content (AvgIpc) is 3.11. The fourth-order valence-electron chi connectivity index (χ4n) is 3.17. The lowest BCUT2D eigenvalue weighted by atomic mass is 10.0. The molecule has 0 aliphatic carbocycles. The zero-order valence-electron chi connectivity index (χ0n) is 16.7. The number of carbonyl (C=O) groups is 2. The molecule has 6 heteroatoms. The third kappa shape index (κ3) is 5.38. The molecule has 0 fully saturated rings. The first-order valence-corrected chi connectivity index (χ1v) is 9.72. The third-order valence-electron chi connectivity index (χ3n) is 4.82. The molecular weight excluding hydrogens is 368 g/mol. The summed E-state index contributed by atoms with van der Waals surface area (Å²) in [4.78, 5) is 23.5. The Labute approximate surface area is 170 Å². The van der Waals surface area contributed by atoms with Crippen LogP contribution in [0, 0.1) is 5.92 Å². The number of hydrogen-bond donors (Lipinski definition) is 2. The monoisotopic (exact) mass is 394 g/mol. The normalized spacial score (nSPS) is 12.1. The molecule has 0 saturated heterocycles. The van der Waals surface area contributed by atoms with Crippen molar-refractivity contribution in [2.45, 2.75) is 39.5 Å². The molecule has 29 heavy (non-hydrogen) atoms. The highest BCUT2D eigenvalue weighted by molar-refractivity contribution is 5.84. The van der Waals surface area contributed by atoms with E-state index in [2.05, 4.69) is 5.32 Å². The van der Waals surface area contributed by atoms with Crippen molar-refractivity contribution >= 4 is 22.8 Å². The van der Waals surface area contributed by atoms with E-state index in [0.29, 0.717) is 13.2 Å². The minimum atomic E-state index is -1.01. The lowest BCUT2D eigenvalue weighted by molar-refractivity contribution is -0.143. The molecule has 6 nitrogen and oxygen atoms in total. The molecule has 3 aromatic rings. The van der Waals surface area contributed by atoms with E-state index in [1.165, 1.54) is 0 Å². The summed E-state index contributed by atoms with van der Waals surface area (Å²) in [6.07, 6.45) is 2.13. The van der Waals surface area contributed by atoms with Crippen molar-refractivity contribution in [3.8, 4) is 5.75 Å². The van der Waals surface area contributed by atoms with Gasteiger partial charge in [0.1, 0.15) is 18.4 Å². The van der Waals surface area contributed by atoms with Crippen molar-refractivity contribution in [2.24, 2.45) is 5.92 Å². The molecule has 0 saturated carbocycles. The van der Waals surface area contributed by atoms with Gasteiger partial charge in [-0.15, -0.1) is 0 Å². The van der Waals surface area contributed by atoms with Crippen LogP contribution in [0.4, 0.5) is 0 Å². The highest BCUT2D eigenvalue weighted by Gasteiger charge is 2.23. The predicted octanol–water partition coefficient (Wildman–Crippen LogP) is 3.84. The van der Waals surface area contributed by atoms with Crippen LogP contribution in [-0.2, 0) is 22.7 Å². The van der Waals surface area contributed by atoms with Crippen LogP contribution in [0.2, 0.25) is 0 Å². The molecule has 1 aromatic heterocycles. The average molecular weight is 394 g/mol. The van der Waals surface area contributed by atoms with Crippen LogP contribution in [0.1, 0.15) is 25.8 Å². The van der Waals surface area contributed by atoms with Crippen LogP contribution >= 0.6 is 0 Å². The number of carboxylic acids is 1. The van der Waals surface area contributed by atoms with Gasteiger partial charge in [-0.05, 0) is 35.1 Å². The third-order valence-corrected chi connectivity index (χ3v) is 4.82. The Morgan fingerprint density at radius 3 is 2.55 bits per heavy atom. The van der Waals surface area contributed by atoms with E-state index in [0.717, 1.165) is 22.2 Å². The second-order valence-electron chi connectivity index (χ2n) is 7.38. The van der Waals surface area contributed by atoms with E-state index in [1.807, 2.05) is 65.4 Å². The van der Waals surface area contributed by atoms with Crippen LogP contribution in [0.25, 0.3) is 10.9 Å². The number of aromatic nitrogens is 1. The summed E-state index contributed by atoms with van der Waals surface area (Å²) >= 11 is 0. The highest BCUT2D eigenvalue weighted by Crippen LogP contribution is 2.23. The van der Waals surface area contributed by atoms with Crippen molar-refractivity contribution in [2.75, 3.05) is 0 Å². The van der Waals surface area contributed by atoms with E-state index in [-0.39, 0.29) is 18.2 Å². The minimum Gasteiger partial charge on any atom is -0.489 e. The second kappa shape index (κ2) is 9.28. The van der Waals surface area contributed by atoms with Gasteiger partial charge < -0.3 is 19.7 Å². The maximum Gasteiger partial charge on any atom is 0.326 e. The second-order valence-corrected chi connectivity index (χ2v) is 7.38. The first kappa shape index (κ1) is 20.5. The minimum absolute atomic E-state index is 0.173. The lowest BCUT2D eigenvalue weighted by Gasteiger charge is -2.18. The Morgan fingerprint density at radius 1 is 1.10 bits per heavy atom. The first-order chi connectivity index (χ1) is 13.9. The van der Waals surface area contributed by atoms with Crippen molar-refractivity contribution in [1.82, 2.24) is 9.88 Å². The van der Waals surface area contributed by atoms with Crippen LogP contribution in [-0.4, -0.2) is 27.6 Å². The quantitative estimate of drug-likeness (QED) is 0.578. The largest absolute Gasteiger partial charge is 0.489 e. The van der Waals surface area contributed by atoms with E-state index in [9.17, 15) is 14.7 Å². The summed E-state index contributed by atoms with van der Waals surface area (Å²) in [5, 5.41) is 12.9. The van der Waals surface area contributed by atoms with Gasteiger partial charge in [0.05, 0.1) is 5.52 Å². The maximum atomic E-state index is 12.2. The number of aryl methyl sites for hydroxylation is 1. The molecular formula is C23H26N2O4. The van der Waals surface area contributed by atoms with Crippen LogP contribution in [0.15, 0.2) is 60.8 Å². The van der Waals surface area contributed by atoms with Gasteiger partial charge in [0, 0.05) is 25.2 Å². The van der Waals surface area contributed by atoms with Crippen LogP contribution in [0.5, 0.6) is 5.75 Å². The number of carboxylic acid groups (broad SMARTS) is 1. The summed E-state index contributed by atoms with van der Waals surface area (Å²) in [6, 6.07) is 17.0. The first-order valence-electron chi connectivity index (χ1n) is 9.72. The molecule has 1 amide bonds. The summed E-state index contributed by atoms with van der Waals surface area (Å²) in [5.41, 5.74) is 2.07. The molecule has 1 heterocycles. The Morgan fingerprint density at radius 2 is 1.86 bits per heavy atom. The number of carbonyl (C=O) groups excluding carboxylic acids is 1. The Bertz CT molecular complexity index is 979. The topological polar surface area (TPSA) is 80.6 Å². The van der Waals surface area contributed by atoms with Gasteiger partial charge in [-0.2, -0.15) is 0 Å². The van der Waals surface area contributed by atoms with Gasteiger partial charge in [0.15, 0.2) is 0 Å². The molecule has 0 bridgehead atoms. The van der Waals surface area contributed by atoms with Crippen LogP contribution in [0.3, 0.4) is 0 Å². The number of nitrogens with one attached hydrogen (secondary N) is 1. The summed E-state index contributed by atoms with van der Waals surface area (Å²) in [7, 11) is 0. The SMILES string of the molecule is CC(C)C(NC(=O)CCn1ccc2ccc(OCc3ccccc3)cc21)C(=O)O.